The molecule has 5 nitrogen and oxygen atoms in total. The molecule has 0 saturated heterocycles. The zero-order chi connectivity index (χ0) is 21.3. The molecule has 1 unspecified atom stereocenters. The minimum Gasteiger partial charge on any atom is -0.348 e. The third-order valence-electron chi connectivity index (χ3n) is 5.24. The van der Waals surface area contributed by atoms with Gasteiger partial charge in [0.05, 0.1) is 11.4 Å². The van der Waals surface area contributed by atoms with Crippen LogP contribution in [0.2, 0.25) is 0 Å². The Morgan fingerprint density at radius 3 is 2.37 bits per heavy atom. The highest BCUT2D eigenvalue weighted by molar-refractivity contribution is 5.94. The molecule has 0 aliphatic carbocycles. The maximum absolute atomic E-state index is 14.4. The number of carbonyl (C=O) groups is 1. The number of nitrogens with one attached hydrogen (secondary N) is 1. The molecule has 30 heavy (non-hydrogen) atoms. The molecule has 0 aliphatic heterocycles. The van der Waals surface area contributed by atoms with Gasteiger partial charge in [-0.15, -0.1) is 0 Å². The largest absolute Gasteiger partial charge is 0.348 e. The lowest BCUT2D eigenvalue weighted by Crippen LogP contribution is -2.37. The van der Waals surface area contributed by atoms with Crippen LogP contribution in [0.25, 0.3) is 28.2 Å². The minimum atomic E-state index is -0.390. The number of amides is 1. The van der Waals surface area contributed by atoms with Crippen LogP contribution in [0.3, 0.4) is 0 Å². The summed E-state index contributed by atoms with van der Waals surface area (Å²) in [5.74, 6) is -0.391. The third-order valence-corrected chi connectivity index (χ3v) is 5.24. The van der Waals surface area contributed by atoms with Crippen molar-refractivity contribution in [1.82, 2.24) is 19.9 Å². The van der Waals surface area contributed by atoms with E-state index in [1.165, 1.54) is 10.6 Å². The molecule has 6 heteroatoms. The van der Waals surface area contributed by atoms with E-state index in [0.717, 1.165) is 5.56 Å². The highest BCUT2D eigenvalue weighted by Crippen LogP contribution is 2.25. The van der Waals surface area contributed by atoms with Gasteiger partial charge >= 0.3 is 0 Å². The van der Waals surface area contributed by atoms with Gasteiger partial charge < -0.3 is 5.32 Å². The molecule has 2 heterocycles. The fraction of sp³-hybridized carbons (Fsp3) is 0.208. The molecule has 4 rings (SSSR count). The van der Waals surface area contributed by atoms with Crippen molar-refractivity contribution in [1.29, 1.82) is 0 Å². The van der Waals surface area contributed by atoms with Gasteiger partial charge in [-0.2, -0.15) is 5.10 Å². The number of carbonyl (C=O) groups excluding carboxylic acids is 1. The first-order chi connectivity index (χ1) is 14.4. The summed E-state index contributed by atoms with van der Waals surface area (Å²) in [5.41, 5.74) is 3.14. The minimum absolute atomic E-state index is 0.0261. The van der Waals surface area contributed by atoms with Crippen LogP contribution in [0.15, 0.2) is 66.7 Å². The standard InChI is InChI=1S/C24H23FN4O/c1-15(2)16(3)26-24(30)22-13-21(18-11-7-8-12-19(18)25)27-23-14-20(28-29(22)23)17-9-5-4-6-10-17/h4-16H,1-3H3,(H,26,30). The van der Waals surface area contributed by atoms with Crippen molar-refractivity contribution in [2.45, 2.75) is 26.8 Å². The van der Waals surface area contributed by atoms with Gasteiger partial charge in [0.25, 0.3) is 5.91 Å². The van der Waals surface area contributed by atoms with Crippen LogP contribution >= 0.6 is 0 Å². The van der Waals surface area contributed by atoms with Crippen molar-refractivity contribution >= 4 is 11.6 Å². The van der Waals surface area contributed by atoms with Crippen LogP contribution < -0.4 is 5.32 Å². The fourth-order valence-corrected chi connectivity index (χ4v) is 3.14. The molecule has 0 radical (unpaired) electrons. The van der Waals surface area contributed by atoms with Gasteiger partial charge in [0.2, 0.25) is 0 Å². The van der Waals surface area contributed by atoms with E-state index in [4.69, 9.17) is 0 Å². The second-order valence-corrected chi connectivity index (χ2v) is 7.68. The summed E-state index contributed by atoms with van der Waals surface area (Å²) in [7, 11) is 0. The molecule has 1 N–H and O–H groups in total. The van der Waals surface area contributed by atoms with E-state index in [-0.39, 0.29) is 23.7 Å². The smallest absolute Gasteiger partial charge is 0.270 e. The first kappa shape index (κ1) is 19.8. The van der Waals surface area contributed by atoms with E-state index in [9.17, 15) is 9.18 Å². The molecule has 0 bridgehead atoms. The topological polar surface area (TPSA) is 59.3 Å². The van der Waals surface area contributed by atoms with Crippen LogP contribution in [0.5, 0.6) is 0 Å². The predicted octanol–water partition coefficient (Wildman–Crippen LogP) is 4.98. The molecule has 0 aliphatic rings. The number of hydrogen-bond donors (Lipinski definition) is 1. The number of hydrogen-bond acceptors (Lipinski definition) is 3. The number of rotatable bonds is 5. The summed E-state index contributed by atoms with van der Waals surface area (Å²) >= 11 is 0. The number of fused-ring (bicyclic) bond motifs is 1. The molecular weight excluding hydrogens is 379 g/mol. The SMILES string of the molecule is CC(C)C(C)NC(=O)c1cc(-c2ccccc2F)nc2cc(-c3ccccc3)nn12. The molecule has 1 amide bonds. The van der Waals surface area contributed by atoms with E-state index in [1.807, 2.05) is 57.2 Å². The molecule has 2 aromatic heterocycles. The number of aromatic nitrogens is 3. The van der Waals surface area contributed by atoms with E-state index >= 15 is 0 Å². The molecule has 4 aromatic rings. The maximum Gasteiger partial charge on any atom is 0.270 e. The Labute approximate surface area is 174 Å². The van der Waals surface area contributed by atoms with Gasteiger partial charge in [0.15, 0.2) is 5.65 Å². The quantitative estimate of drug-likeness (QED) is 0.512. The van der Waals surface area contributed by atoms with E-state index in [1.54, 1.807) is 24.3 Å². The lowest BCUT2D eigenvalue weighted by molar-refractivity contribution is 0.0923. The second-order valence-electron chi connectivity index (χ2n) is 7.68. The number of benzene rings is 2. The molecule has 0 spiro atoms. The summed E-state index contributed by atoms with van der Waals surface area (Å²) in [5, 5.41) is 7.62. The highest BCUT2D eigenvalue weighted by Gasteiger charge is 2.20. The monoisotopic (exact) mass is 402 g/mol. The lowest BCUT2D eigenvalue weighted by Gasteiger charge is -2.18. The zero-order valence-corrected chi connectivity index (χ0v) is 17.1. The predicted molar refractivity (Wildman–Crippen MR) is 116 cm³/mol. The Hall–Kier alpha value is -3.54. The Balaban J connectivity index is 1.89. The lowest BCUT2D eigenvalue weighted by atomic mass is 10.1. The van der Waals surface area contributed by atoms with Crippen LogP contribution in [0, 0.1) is 11.7 Å². The summed E-state index contributed by atoms with van der Waals surface area (Å²) in [6.45, 7) is 6.04. The van der Waals surface area contributed by atoms with Gasteiger partial charge in [-0.05, 0) is 31.0 Å². The van der Waals surface area contributed by atoms with Crippen LogP contribution in [-0.2, 0) is 0 Å². The van der Waals surface area contributed by atoms with Gasteiger partial charge in [-0.3, -0.25) is 4.79 Å². The van der Waals surface area contributed by atoms with Gasteiger partial charge in [-0.25, -0.2) is 13.9 Å². The van der Waals surface area contributed by atoms with E-state index < -0.39 is 0 Å². The molecule has 0 fully saturated rings. The van der Waals surface area contributed by atoms with Crippen LogP contribution in [0.4, 0.5) is 4.39 Å². The summed E-state index contributed by atoms with van der Waals surface area (Å²) in [6.07, 6.45) is 0. The Morgan fingerprint density at radius 1 is 0.967 bits per heavy atom. The Bertz CT molecular complexity index is 1200. The third kappa shape index (κ3) is 3.81. The second kappa shape index (κ2) is 8.06. The van der Waals surface area contributed by atoms with Gasteiger partial charge in [-0.1, -0.05) is 56.3 Å². The molecule has 2 aromatic carbocycles. The van der Waals surface area contributed by atoms with Crippen LogP contribution in [0.1, 0.15) is 31.3 Å². The molecule has 1 atom stereocenters. The maximum atomic E-state index is 14.4. The fourth-order valence-electron chi connectivity index (χ4n) is 3.14. The Morgan fingerprint density at radius 2 is 1.67 bits per heavy atom. The molecule has 152 valence electrons. The van der Waals surface area contributed by atoms with Crippen molar-refractivity contribution in [2.75, 3.05) is 0 Å². The van der Waals surface area contributed by atoms with E-state index in [0.29, 0.717) is 28.3 Å². The normalized spacial score (nSPS) is 12.3. The van der Waals surface area contributed by atoms with Gasteiger partial charge in [0, 0.05) is 23.2 Å². The molecular formula is C24H23FN4O. The average molecular weight is 402 g/mol. The van der Waals surface area contributed by atoms with Gasteiger partial charge in [0.1, 0.15) is 11.5 Å². The number of nitrogens with zero attached hydrogens (tertiary/aromatic N) is 3. The van der Waals surface area contributed by atoms with Crippen molar-refractivity contribution < 1.29 is 9.18 Å². The molecule has 0 saturated carbocycles. The zero-order valence-electron chi connectivity index (χ0n) is 17.1. The summed E-state index contributed by atoms with van der Waals surface area (Å²) < 4.78 is 16.0. The Kier molecular flexibility index (Phi) is 5.31. The van der Waals surface area contributed by atoms with Crippen molar-refractivity contribution in [3.8, 4) is 22.5 Å². The highest BCUT2D eigenvalue weighted by atomic mass is 19.1. The van der Waals surface area contributed by atoms with Crippen LogP contribution in [-0.4, -0.2) is 26.5 Å². The van der Waals surface area contributed by atoms with Crippen molar-refractivity contribution in [2.24, 2.45) is 5.92 Å². The average Bonchev–Trinajstić information content (AvgIpc) is 3.18. The first-order valence-electron chi connectivity index (χ1n) is 9.96. The van der Waals surface area contributed by atoms with Crippen molar-refractivity contribution in [3.05, 3.63) is 78.2 Å². The summed E-state index contributed by atoms with van der Waals surface area (Å²) in [6, 6.07) is 19.5. The van der Waals surface area contributed by atoms with Crippen molar-refractivity contribution in [3.63, 3.8) is 0 Å². The van der Waals surface area contributed by atoms with E-state index in [2.05, 4.69) is 15.4 Å². The number of halogens is 1. The summed E-state index contributed by atoms with van der Waals surface area (Å²) in [4.78, 5) is 17.7. The first-order valence-corrected chi connectivity index (χ1v) is 9.96.